The van der Waals surface area contributed by atoms with Gasteiger partial charge in [0.15, 0.2) is 0 Å². The summed E-state index contributed by atoms with van der Waals surface area (Å²) in [5, 5.41) is 0. The molecule has 78 valence electrons. The lowest BCUT2D eigenvalue weighted by Gasteiger charge is -2.42. The van der Waals surface area contributed by atoms with Gasteiger partial charge < -0.3 is 5.73 Å². The van der Waals surface area contributed by atoms with Gasteiger partial charge in [0.1, 0.15) is 0 Å². The molecular weight excluding hydrogens is 158 g/mol. The maximum absolute atomic E-state index is 6.05. The van der Waals surface area contributed by atoms with Crippen LogP contribution < -0.4 is 5.73 Å². The van der Waals surface area contributed by atoms with Crippen LogP contribution in [0.15, 0.2) is 0 Å². The third-order valence-corrected chi connectivity index (χ3v) is 3.61. The Hall–Kier alpha value is -0.0400. The van der Waals surface area contributed by atoms with Crippen molar-refractivity contribution in [1.82, 2.24) is 0 Å². The minimum atomic E-state index is 0.379. The summed E-state index contributed by atoms with van der Waals surface area (Å²) in [6.45, 7) is 9.25. The molecule has 1 saturated carbocycles. The fourth-order valence-corrected chi connectivity index (χ4v) is 2.86. The highest BCUT2D eigenvalue weighted by molar-refractivity contribution is 4.87. The van der Waals surface area contributed by atoms with Crippen LogP contribution in [-0.4, -0.2) is 6.04 Å². The normalized spacial score (nSPS) is 33.0. The van der Waals surface area contributed by atoms with Gasteiger partial charge in [0.2, 0.25) is 0 Å². The first-order chi connectivity index (χ1) is 5.93. The molecule has 0 bridgehead atoms. The summed E-state index contributed by atoms with van der Waals surface area (Å²) in [4.78, 5) is 0. The van der Waals surface area contributed by atoms with E-state index >= 15 is 0 Å². The van der Waals surface area contributed by atoms with Crippen molar-refractivity contribution < 1.29 is 0 Å². The molecule has 0 saturated heterocycles. The molecule has 0 radical (unpaired) electrons. The summed E-state index contributed by atoms with van der Waals surface area (Å²) in [5.41, 5.74) is 6.50. The zero-order valence-electron chi connectivity index (χ0n) is 9.64. The molecule has 1 aliphatic rings. The van der Waals surface area contributed by atoms with Crippen molar-refractivity contribution in [3.05, 3.63) is 0 Å². The van der Waals surface area contributed by atoms with Gasteiger partial charge in [-0.25, -0.2) is 0 Å². The Balaban J connectivity index is 2.67. The Morgan fingerprint density at radius 1 is 1.15 bits per heavy atom. The van der Waals surface area contributed by atoms with E-state index in [1.54, 1.807) is 0 Å². The van der Waals surface area contributed by atoms with Crippen LogP contribution in [0.25, 0.3) is 0 Å². The van der Waals surface area contributed by atoms with Gasteiger partial charge in [-0.05, 0) is 37.0 Å². The third-order valence-electron chi connectivity index (χ3n) is 3.61. The Kier molecular flexibility index (Phi) is 3.39. The molecule has 1 fully saturated rings. The maximum atomic E-state index is 6.05. The van der Waals surface area contributed by atoms with E-state index in [1.807, 2.05) is 0 Å². The molecule has 3 unspecified atom stereocenters. The van der Waals surface area contributed by atoms with Gasteiger partial charge in [0.25, 0.3) is 0 Å². The zero-order valence-corrected chi connectivity index (χ0v) is 9.64. The molecule has 0 aromatic heterocycles. The van der Waals surface area contributed by atoms with Gasteiger partial charge in [0.05, 0.1) is 0 Å². The van der Waals surface area contributed by atoms with E-state index in [9.17, 15) is 0 Å². The Morgan fingerprint density at radius 2 is 1.69 bits per heavy atom. The second-order valence-corrected chi connectivity index (χ2v) is 5.78. The molecule has 3 atom stereocenters. The van der Waals surface area contributed by atoms with Crippen LogP contribution in [0.3, 0.4) is 0 Å². The van der Waals surface area contributed by atoms with Crippen molar-refractivity contribution in [2.24, 2.45) is 23.0 Å². The minimum absolute atomic E-state index is 0.379. The van der Waals surface area contributed by atoms with Crippen molar-refractivity contribution >= 4 is 0 Å². The van der Waals surface area contributed by atoms with Gasteiger partial charge in [-0.3, -0.25) is 0 Å². The molecule has 0 aromatic rings. The van der Waals surface area contributed by atoms with Crippen molar-refractivity contribution in [3.63, 3.8) is 0 Å². The fraction of sp³-hybridized carbons (Fsp3) is 1.00. The summed E-state index contributed by atoms with van der Waals surface area (Å²) in [5.74, 6) is 1.59. The molecule has 1 aliphatic carbocycles. The molecule has 0 heterocycles. The van der Waals surface area contributed by atoms with E-state index in [0.717, 1.165) is 11.8 Å². The summed E-state index contributed by atoms with van der Waals surface area (Å²) in [6.07, 6.45) is 5.53. The second kappa shape index (κ2) is 4.00. The van der Waals surface area contributed by atoms with E-state index in [2.05, 4.69) is 27.7 Å². The molecule has 2 N–H and O–H groups in total. The molecule has 1 nitrogen and oxygen atoms in total. The van der Waals surface area contributed by atoms with Crippen LogP contribution in [0.4, 0.5) is 0 Å². The van der Waals surface area contributed by atoms with Crippen LogP contribution in [0, 0.1) is 17.3 Å². The Morgan fingerprint density at radius 3 is 2.08 bits per heavy atom. The van der Waals surface area contributed by atoms with Gasteiger partial charge in [0, 0.05) is 6.04 Å². The Labute approximate surface area is 83.1 Å². The molecule has 0 aromatic carbocycles. The quantitative estimate of drug-likeness (QED) is 0.664. The average Bonchev–Trinajstić information content (AvgIpc) is 2.03. The van der Waals surface area contributed by atoms with E-state index < -0.39 is 0 Å². The summed E-state index contributed by atoms with van der Waals surface area (Å²) >= 11 is 0. The van der Waals surface area contributed by atoms with Gasteiger partial charge in [-0.15, -0.1) is 0 Å². The maximum Gasteiger partial charge on any atom is 0.00416 e. The summed E-state index contributed by atoms with van der Waals surface area (Å²) in [7, 11) is 0. The summed E-state index contributed by atoms with van der Waals surface area (Å²) < 4.78 is 0. The molecule has 0 amide bonds. The van der Waals surface area contributed by atoms with E-state index in [1.165, 1.54) is 25.7 Å². The predicted molar refractivity (Wildman–Crippen MR) is 58.6 cm³/mol. The lowest BCUT2D eigenvalue weighted by molar-refractivity contribution is 0.0935. The molecule has 0 aliphatic heterocycles. The first-order valence-corrected chi connectivity index (χ1v) is 5.68. The van der Waals surface area contributed by atoms with E-state index in [4.69, 9.17) is 5.73 Å². The van der Waals surface area contributed by atoms with Crippen LogP contribution in [-0.2, 0) is 0 Å². The monoisotopic (exact) mass is 183 g/mol. The van der Waals surface area contributed by atoms with Crippen molar-refractivity contribution in [1.29, 1.82) is 0 Å². The molecule has 0 spiro atoms. The lowest BCUT2D eigenvalue weighted by Crippen LogP contribution is -2.40. The first-order valence-electron chi connectivity index (χ1n) is 5.68. The van der Waals surface area contributed by atoms with Crippen LogP contribution >= 0.6 is 0 Å². The minimum Gasteiger partial charge on any atom is -0.328 e. The Bertz CT molecular complexity index is 155. The third kappa shape index (κ3) is 2.70. The lowest BCUT2D eigenvalue weighted by atomic mass is 9.64. The standard InChI is InChI=1S/C12H25N/c1-9(13)10-7-5-6-8-11(10)12(2,3)4/h9-11H,5-8,13H2,1-4H3. The van der Waals surface area contributed by atoms with Crippen LogP contribution in [0.2, 0.25) is 0 Å². The van der Waals surface area contributed by atoms with E-state index in [0.29, 0.717) is 11.5 Å². The largest absolute Gasteiger partial charge is 0.328 e. The smallest absolute Gasteiger partial charge is 0.00416 e. The van der Waals surface area contributed by atoms with Gasteiger partial charge >= 0.3 is 0 Å². The van der Waals surface area contributed by atoms with E-state index in [-0.39, 0.29) is 0 Å². The molecule has 13 heavy (non-hydrogen) atoms. The number of hydrogen-bond acceptors (Lipinski definition) is 1. The number of rotatable bonds is 1. The topological polar surface area (TPSA) is 26.0 Å². The molecule has 1 rings (SSSR count). The van der Waals surface area contributed by atoms with Crippen LogP contribution in [0.5, 0.6) is 0 Å². The second-order valence-electron chi connectivity index (χ2n) is 5.78. The van der Waals surface area contributed by atoms with Crippen molar-refractivity contribution in [3.8, 4) is 0 Å². The first kappa shape index (κ1) is 11.0. The summed E-state index contributed by atoms with van der Waals surface area (Å²) in [6, 6.07) is 0.379. The van der Waals surface area contributed by atoms with Crippen LogP contribution in [0.1, 0.15) is 53.4 Å². The zero-order chi connectivity index (χ0) is 10.1. The predicted octanol–water partition coefficient (Wildman–Crippen LogP) is 3.19. The van der Waals surface area contributed by atoms with Gasteiger partial charge in [-0.1, -0.05) is 33.6 Å². The molecule has 1 heteroatoms. The van der Waals surface area contributed by atoms with Crippen molar-refractivity contribution in [2.75, 3.05) is 0 Å². The molecular formula is C12H25N. The highest BCUT2D eigenvalue weighted by atomic mass is 14.6. The number of hydrogen-bond donors (Lipinski definition) is 1. The average molecular weight is 183 g/mol. The highest BCUT2D eigenvalue weighted by Crippen LogP contribution is 2.42. The highest BCUT2D eigenvalue weighted by Gasteiger charge is 2.35. The SMILES string of the molecule is CC(N)C1CCCCC1C(C)(C)C. The van der Waals surface area contributed by atoms with Gasteiger partial charge in [-0.2, -0.15) is 0 Å². The fourth-order valence-electron chi connectivity index (χ4n) is 2.86. The number of nitrogens with two attached hydrogens (primary N) is 1. The van der Waals surface area contributed by atoms with Crippen molar-refractivity contribution in [2.45, 2.75) is 59.4 Å².